The van der Waals surface area contributed by atoms with Crippen molar-refractivity contribution in [1.29, 1.82) is 0 Å². The number of nitrogens with one attached hydrogen (secondary N) is 2. The number of hydrogen-bond acceptors (Lipinski definition) is 5. The fourth-order valence-electron chi connectivity index (χ4n) is 3.60. The molecule has 0 radical (unpaired) electrons. The minimum Gasteiger partial charge on any atom is -0.497 e. The van der Waals surface area contributed by atoms with Crippen LogP contribution in [0.4, 0.5) is 10.5 Å². The lowest BCUT2D eigenvalue weighted by Crippen LogP contribution is -2.54. The second-order valence-electron chi connectivity index (χ2n) is 10.3. The Morgan fingerprint density at radius 3 is 2.11 bits per heavy atom. The average molecular weight is 484 g/mol. The second kappa shape index (κ2) is 11.3. The molecule has 8 heteroatoms. The number of amides is 3. The van der Waals surface area contributed by atoms with Crippen molar-refractivity contribution < 1.29 is 23.9 Å². The first-order valence-electron chi connectivity index (χ1n) is 11.5. The molecule has 1 unspecified atom stereocenters. The number of hydrogen-bond donors (Lipinski definition) is 2. The first kappa shape index (κ1) is 27.7. The zero-order chi connectivity index (χ0) is 26.4. The van der Waals surface area contributed by atoms with Gasteiger partial charge in [-0.05, 0) is 78.3 Å². The third-order valence-corrected chi connectivity index (χ3v) is 5.00. The number of rotatable bonds is 7. The lowest BCUT2D eigenvalue weighted by molar-refractivity contribution is -0.144. The predicted molar refractivity (Wildman–Crippen MR) is 136 cm³/mol. The highest BCUT2D eigenvalue weighted by Crippen LogP contribution is 2.31. The van der Waals surface area contributed by atoms with Crippen LogP contribution in [0.15, 0.2) is 48.5 Å². The van der Waals surface area contributed by atoms with E-state index >= 15 is 0 Å². The van der Waals surface area contributed by atoms with Gasteiger partial charge in [-0.25, -0.2) is 4.79 Å². The smallest absolute Gasteiger partial charge is 0.408 e. The number of carbonyl (C=O) groups excluding carboxylic acids is 3. The van der Waals surface area contributed by atoms with Gasteiger partial charge in [-0.2, -0.15) is 0 Å². The van der Waals surface area contributed by atoms with Crippen molar-refractivity contribution in [3.05, 3.63) is 59.7 Å². The van der Waals surface area contributed by atoms with Gasteiger partial charge in [0.15, 0.2) is 0 Å². The summed E-state index contributed by atoms with van der Waals surface area (Å²) >= 11 is 0. The standard InChI is InChI=1S/C27H37N3O5/c1-18-10-9-11-19(16-18)23(24(32)29-20-12-14-21(34-8)15-13-20)30(26(2,3)4)22(31)17-28-25(33)35-27(5,6)7/h9-16,23H,17H2,1-8H3,(H,28,33)(H,29,32). The molecule has 35 heavy (non-hydrogen) atoms. The van der Waals surface area contributed by atoms with E-state index < -0.39 is 29.2 Å². The van der Waals surface area contributed by atoms with E-state index in [0.717, 1.165) is 5.56 Å². The topological polar surface area (TPSA) is 97.0 Å². The summed E-state index contributed by atoms with van der Waals surface area (Å²) in [6.07, 6.45) is -0.700. The van der Waals surface area contributed by atoms with Crippen molar-refractivity contribution in [2.75, 3.05) is 19.0 Å². The molecule has 0 saturated heterocycles. The van der Waals surface area contributed by atoms with Crippen LogP contribution >= 0.6 is 0 Å². The van der Waals surface area contributed by atoms with Gasteiger partial charge in [0.25, 0.3) is 5.91 Å². The lowest BCUT2D eigenvalue weighted by Gasteiger charge is -2.41. The van der Waals surface area contributed by atoms with Crippen molar-refractivity contribution in [1.82, 2.24) is 10.2 Å². The van der Waals surface area contributed by atoms with Gasteiger partial charge in [-0.1, -0.05) is 29.8 Å². The Morgan fingerprint density at radius 1 is 0.971 bits per heavy atom. The molecule has 2 aromatic rings. The van der Waals surface area contributed by atoms with Crippen molar-refractivity contribution in [2.45, 2.75) is 65.6 Å². The van der Waals surface area contributed by atoms with Crippen LogP contribution in [0.25, 0.3) is 0 Å². The summed E-state index contributed by atoms with van der Waals surface area (Å²) < 4.78 is 10.4. The lowest BCUT2D eigenvalue weighted by atomic mass is 9.95. The van der Waals surface area contributed by atoms with E-state index in [2.05, 4.69) is 10.6 Å². The normalized spacial score (nSPS) is 12.3. The van der Waals surface area contributed by atoms with E-state index in [1.165, 1.54) is 4.90 Å². The molecular weight excluding hydrogens is 446 g/mol. The van der Waals surface area contributed by atoms with Crippen LogP contribution in [0, 0.1) is 6.92 Å². The number of nitrogens with zero attached hydrogens (tertiary/aromatic N) is 1. The third-order valence-electron chi connectivity index (χ3n) is 5.00. The van der Waals surface area contributed by atoms with Gasteiger partial charge in [0, 0.05) is 11.2 Å². The minimum atomic E-state index is -0.940. The molecule has 0 aliphatic carbocycles. The van der Waals surface area contributed by atoms with Gasteiger partial charge >= 0.3 is 6.09 Å². The predicted octanol–water partition coefficient (Wildman–Crippen LogP) is 4.84. The quantitative estimate of drug-likeness (QED) is 0.588. The Kier molecular flexibility index (Phi) is 8.90. The fourth-order valence-corrected chi connectivity index (χ4v) is 3.60. The highest BCUT2D eigenvalue weighted by atomic mass is 16.6. The number of methoxy groups -OCH3 is 1. The van der Waals surface area contributed by atoms with E-state index in [0.29, 0.717) is 17.0 Å². The highest BCUT2D eigenvalue weighted by Gasteiger charge is 2.38. The van der Waals surface area contributed by atoms with Crippen molar-refractivity contribution >= 4 is 23.6 Å². The molecule has 190 valence electrons. The first-order valence-corrected chi connectivity index (χ1v) is 11.5. The molecule has 0 saturated carbocycles. The molecule has 0 aromatic heterocycles. The summed E-state index contributed by atoms with van der Waals surface area (Å²) in [7, 11) is 1.57. The maximum atomic E-state index is 13.6. The van der Waals surface area contributed by atoms with Gasteiger partial charge in [0.05, 0.1) is 7.11 Å². The molecule has 8 nitrogen and oxygen atoms in total. The highest BCUT2D eigenvalue weighted by molar-refractivity contribution is 5.98. The monoisotopic (exact) mass is 483 g/mol. The Balaban J connectivity index is 2.39. The van der Waals surface area contributed by atoms with Crippen LogP contribution in [0.3, 0.4) is 0 Å². The number of ether oxygens (including phenoxy) is 2. The molecule has 1 atom stereocenters. The molecule has 0 spiro atoms. The van der Waals surface area contributed by atoms with Crippen LogP contribution in [0.5, 0.6) is 5.75 Å². The SMILES string of the molecule is COc1ccc(NC(=O)C(c2cccc(C)c2)N(C(=O)CNC(=O)OC(C)(C)C)C(C)(C)C)cc1. The Bertz CT molecular complexity index is 1040. The van der Waals surface area contributed by atoms with Crippen LogP contribution in [0.2, 0.25) is 0 Å². The van der Waals surface area contributed by atoms with Crippen molar-refractivity contribution in [3.8, 4) is 5.75 Å². The van der Waals surface area contributed by atoms with Crippen LogP contribution in [0.1, 0.15) is 58.7 Å². The maximum absolute atomic E-state index is 13.6. The van der Waals surface area contributed by atoms with Crippen LogP contribution < -0.4 is 15.4 Å². The molecule has 2 aromatic carbocycles. The minimum absolute atomic E-state index is 0.315. The summed E-state index contributed by atoms with van der Waals surface area (Å²) in [5.74, 6) is -0.126. The van der Waals surface area contributed by atoms with Gasteiger partial charge in [0.2, 0.25) is 5.91 Å². The molecule has 0 aliphatic heterocycles. The summed E-state index contributed by atoms with van der Waals surface area (Å²) in [5.41, 5.74) is 0.758. The van der Waals surface area contributed by atoms with Crippen molar-refractivity contribution in [2.24, 2.45) is 0 Å². The number of aryl methyl sites for hydroxylation is 1. The van der Waals surface area contributed by atoms with E-state index in [9.17, 15) is 14.4 Å². The van der Waals surface area contributed by atoms with Gasteiger partial charge in [0.1, 0.15) is 23.9 Å². The largest absolute Gasteiger partial charge is 0.497 e. The third kappa shape index (κ3) is 8.31. The van der Waals surface area contributed by atoms with Gasteiger partial charge in [-0.3, -0.25) is 9.59 Å². The molecule has 0 heterocycles. The molecule has 3 amide bonds. The summed E-state index contributed by atoms with van der Waals surface area (Å²) in [6.45, 7) is 12.4. The Morgan fingerprint density at radius 2 is 1.60 bits per heavy atom. The molecule has 0 aliphatic rings. The Hall–Kier alpha value is -3.55. The molecule has 0 bridgehead atoms. The van der Waals surface area contributed by atoms with Crippen molar-refractivity contribution in [3.63, 3.8) is 0 Å². The fraction of sp³-hybridized carbons (Fsp3) is 0.444. The molecule has 2 rings (SSSR count). The number of benzene rings is 2. The Labute approximate surface area is 208 Å². The van der Waals surface area contributed by atoms with Crippen LogP contribution in [-0.2, 0) is 14.3 Å². The van der Waals surface area contributed by atoms with Crippen LogP contribution in [-0.4, -0.2) is 47.6 Å². The molecule has 2 N–H and O–H groups in total. The summed E-state index contributed by atoms with van der Waals surface area (Å²) in [5, 5.41) is 5.43. The van der Waals surface area contributed by atoms with Gasteiger partial charge < -0.3 is 25.0 Å². The maximum Gasteiger partial charge on any atom is 0.408 e. The van der Waals surface area contributed by atoms with Gasteiger partial charge in [-0.15, -0.1) is 0 Å². The number of anilines is 1. The van der Waals surface area contributed by atoms with E-state index in [-0.39, 0.29) is 12.5 Å². The molecule has 0 fully saturated rings. The zero-order valence-corrected chi connectivity index (χ0v) is 21.9. The summed E-state index contributed by atoms with van der Waals surface area (Å²) in [4.78, 5) is 40.8. The van der Waals surface area contributed by atoms with E-state index in [1.54, 1.807) is 52.1 Å². The van der Waals surface area contributed by atoms with E-state index in [4.69, 9.17) is 9.47 Å². The average Bonchev–Trinajstić information content (AvgIpc) is 2.74. The summed E-state index contributed by atoms with van der Waals surface area (Å²) in [6, 6.07) is 13.5. The number of alkyl carbamates (subject to hydrolysis) is 1. The zero-order valence-electron chi connectivity index (χ0n) is 21.9. The second-order valence-corrected chi connectivity index (χ2v) is 10.3. The molecular formula is C27H37N3O5. The first-order chi connectivity index (χ1) is 16.2. The van der Waals surface area contributed by atoms with E-state index in [1.807, 2.05) is 52.0 Å². The number of carbonyl (C=O) groups is 3.